The molecule has 0 saturated carbocycles. The van der Waals surface area contributed by atoms with Gasteiger partial charge in [0.25, 0.3) is 0 Å². The molecule has 0 radical (unpaired) electrons. The maximum absolute atomic E-state index is 6.62. The Labute approximate surface area is 234 Å². The van der Waals surface area contributed by atoms with E-state index in [1.165, 1.54) is 103 Å². The Bertz CT molecular complexity index is 536. The molecule has 0 aromatic heterocycles. The van der Waals surface area contributed by atoms with Crippen molar-refractivity contribution in [3.63, 3.8) is 0 Å². The number of nitrogens with two attached hydrogens (primary N) is 1. The highest BCUT2D eigenvalue weighted by Gasteiger charge is 2.32. The van der Waals surface area contributed by atoms with E-state index in [2.05, 4.69) is 62.3 Å². The maximum Gasteiger partial charge on any atom is 0.0798 e. The lowest BCUT2D eigenvalue weighted by Crippen LogP contribution is -2.42. The van der Waals surface area contributed by atoms with E-state index >= 15 is 0 Å². The van der Waals surface area contributed by atoms with Crippen LogP contribution in [0.3, 0.4) is 0 Å². The molecule has 0 heterocycles. The fourth-order valence-electron chi connectivity index (χ4n) is 5.43. The fraction of sp³-hybridized carbons (Fsp3) is 1.00. The minimum absolute atomic E-state index is 0.108. The SMILES string of the molecule is CCCCCCC(C)(CCCC)COC(C)(CN)CCOC(C)(C)CCC(C)(CCCC)CCCCC. The third-order valence-corrected chi connectivity index (χ3v) is 8.94. The van der Waals surface area contributed by atoms with E-state index in [0.717, 1.165) is 19.4 Å². The lowest BCUT2D eigenvalue weighted by molar-refractivity contribution is -0.102. The van der Waals surface area contributed by atoms with Crippen molar-refractivity contribution in [1.29, 1.82) is 0 Å². The number of ether oxygens (including phenoxy) is 2. The maximum atomic E-state index is 6.62. The van der Waals surface area contributed by atoms with Gasteiger partial charge in [-0.05, 0) is 70.1 Å². The van der Waals surface area contributed by atoms with E-state index in [4.69, 9.17) is 15.2 Å². The molecule has 0 bridgehead atoms. The van der Waals surface area contributed by atoms with E-state index in [0.29, 0.717) is 18.6 Å². The van der Waals surface area contributed by atoms with Crippen LogP contribution < -0.4 is 5.73 Å². The predicted molar refractivity (Wildman–Crippen MR) is 165 cm³/mol. The molecule has 0 aliphatic heterocycles. The third-order valence-electron chi connectivity index (χ3n) is 8.94. The summed E-state index contributed by atoms with van der Waals surface area (Å²) in [5, 5.41) is 0. The first-order valence-electron chi connectivity index (χ1n) is 16.4. The first kappa shape index (κ1) is 36.9. The molecular formula is C34H71NO2. The Morgan fingerprint density at radius 2 is 0.973 bits per heavy atom. The molecule has 0 aliphatic rings. The summed E-state index contributed by atoms with van der Waals surface area (Å²) in [5.74, 6) is 0. The van der Waals surface area contributed by atoms with Crippen molar-refractivity contribution in [1.82, 2.24) is 0 Å². The van der Waals surface area contributed by atoms with Crippen LogP contribution in [0.2, 0.25) is 0 Å². The zero-order valence-corrected chi connectivity index (χ0v) is 27.2. The minimum atomic E-state index is -0.317. The van der Waals surface area contributed by atoms with Gasteiger partial charge in [-0.25, -0.2) is 0 Å². The summed E-state index contributed by atoms with van der Waals surface area (Å²) in [5.41, 5.74) is 6.54. The standard InChI is InChI=1S/C34H71NO2/c1-10-14-18-20-24-33(8,22-17-13-4)30-37-34(9,29-35)27-28-36-31(5,6)25-26-32(7,21-16-12-3)23-19-15-11-2/h10-30,35H2,1-9H3. The molecule has 0 spiro atoms. The van der Waals surface area contributed by atoms with Crippen molar-refractivity contribution >= 4 is 0 Å². The van der Waals surface area contributed by atoms with Crippen LogP contribution in [-0.2, 0) is 9.47 Å². The van der Waals surface area contributed by atoms with Crippen LogP contribution in [0.5, 0.6) is 0 Å². The third kappa shape index (κ3) is 18.0. The van der Waals surface area contributed by atoms with Gasteiger partial charge in [-0.2, -0.15) is 0 Å². The highest BCUT2D eigenvalue weighted by Crippen LogP contribution is 2.38. The largest absolute Gasteiger partial charge is 0.375 e. The second-order valence-electron chi connectivity index (χ2n) is 13.9. The van der Waals surface area contributed by atoms with Gasteiger partial charge < -0.3 is 15.2 Å². The lowest BCUT2D eigenvalue weighted by atomic mass is 9.74. The molecule has 37 heavy (non-hydrogen) atoms. The minimum Gasteiger partial charge on any atom is -0.375 e. The molecule has 0 saturated heterocycles. The Hall–Kier alpha value is -0.120. The summed E-state index contributed by atoms with van der Waals surface area (Å²) in [6.07, 6.45) is 22.9. The summed E-state index contributed by atoms with van der Waals surface area (Å²) in [4.78, 5) is 0. The molecule has 3 nitrogen and oxygen atoms in total. The lowest BCUT2D eigenvalue weighted by Gasteiger charge is -2.37. The van der Waals surface area contributed by atoms with Crippen LogP contribution in [0, 0.1) is 10.8 Å². The molecule has 2 N–H and O–H groups in total. The molecular weight excluding hydrogens is 454 g/mol. The quantitative estimate of drug-likeness (QED) is 0.114. The highest BCUT2D eigenvalue weighted by molar-refractivity contribution is 4.83. The molecule has 0 rings (SSSR count). The summed E-state index contributed by atoms with van der Waals surface area (Å²) in [6.45, 7) is 23.0. The molecule has 3 atom stereocenters. The van der Waals surface area contributed by atoms with Gasteiger partial charge in [0.15, 0.2) is 0 Å². The normalized spacial score (nSPS) is 17.4. The van der Waals surface area contributed by atoms with Gasteiger partial charge in [-0.1, -0.05) is 112 Å². The van der Waals surface area contributed by atoms with Gasteiger partial charge in [-0.15, -0.1) is 0 Å². The molecule has 0 aliphatic carbocycles. The highest BCUT2D eigenvalue weighted by atomic mass is 16.5. The van der Waals surface area contributed by atoms with E-state index in [1.807, 2.05) is 0 Å². The molecule has 3 unspecified atom stereocenters. The van der Waals surface area contributed by atoms with Crippen LogP contribution in [0.15, 0.2) is 0 Å². The molecule has 0 amide bonds. The van der Waals surface area contributed by atoms with Crippen molar-refractivity contribution in [3.8, 4) is 0 Å². The van der Waals surface area contributed by atoms with Gasteiger partial charge in [0, 0.05) is 13.0 Å². The van der Waals surface area contributed by atoms with Crippen molar-refractivity contribution in [3.05, 3.63) is 0 Å². The average molecular weight is 526 g/mol. The van der Waals surface area contributed by atoms with Crippen LogP contribution in [0.25, 0.3) is 0 Å². The monoisotopic (exact) mass is 526 g/mol. The first-order chi connectivity index (χ1) is 17.4. The van der Waals surface area contributed by atoms with E-state index in [9.17, 15) is 0 Å². The van der Waals surface area contributed by atoms with Crippen molar-refractivity contribution in [2.45, 2.75) is 189 Å². The van der Waals surface area contributed by atoms with E-state index < -0.39 is 0 Å². The van der Waals surface area contributed by atoms with Gasteiger partial charge >= 0.3 is 0 Å². The smallest absolute Gasteiger partial charge is 0.0798 e. The second-order valence-corrected chi connectivity index (χ2v) is 13.9. The van der Waals surface area contributed by atoms with Gasteiger partial charge in [0.1, 0.15) is 0 Å². The number of rotatable bonds is 26. The Morgan fingerprint density at radius 1 is 0.486 bits per heavy atom. The number of unbranched alkanes of at least 4 members (excludes halogenated alkanes) is 7. The zero-order chi connectivity index (χ0) is 28.3. The van der Waals surface area contributed by atoms with E-state index in [-0.39, 0.29) is 16.6 Å². The topological polar surface area (TPSA) is 44.5 Å². The van der Waals surface area contributed by atoms with Crippen LogP contribution in [0.1, 0.15) is 178 Å². The Balaban J connectivity index is 4.84. The number of hydrogen-bond acceptors (Lipinski definition) is 3. The van der Waals surface area contributed by atoms with Crippen molar-refractivity contribution in [2.75, 3.05) is 19.8 Å². The number of hydrogen-bond donors (Lipinski definition) is 1. The van der Waals surface area contributed by atoms with Crippen molar-refractivity contribution in [2.24, 2.45) is 16.6 Å². The van der Waals surface area contributed by atoms with Crippen LogP contribution in [-0.4, -0.2) is 31.0 Å². The Kier molecular flexibility index (Phi) is 19.8. The van der Waals surface area contributed by atoms with Gasteiger partial charge in [0.05, 0.1) is 24.4 Å². The molecule has 224 valence electrons. The predicted octanol–water partition coefficient (Wildman–Crippen LogP) is 10.6. The van der Waals surface area contributed by atoms with Gasteiger partial charge in [0.2, 0.25) is 0 Å². The van der Waals surface area contributed by atoms with Crippen LogP contribution in [0.4, 0.5) is 0 Å². The summed E-state index contributed by atoms with van der Waals surface area (Å²) < 4.78 is 13.1. The van der Waals surface area contributed by atoms with E-state index in [1.54, 1.807) is 0 Å². The first-order valence-corrected chi connectivity index (χ1v) is 16.4. The zero-order valence-electron chi connectivity index (χ0n) is 27.2. The fourth-order valence-corrected chi connectivity index (χ4v) is 5.43. The summed E-state index contributed by atoms with van der Waals surface area (Å²) >= 11 is 0. The Morgan fingerprint density at radius 3 is 1.54 bits per heavy atom. The van der Waals surface area contributed by atoms with Crippen molar-refractivity contribution < 1.29 is 9.47 Å². The van der Waals surface area contributed by atoms with Crippen LogP contribution >= 0.6 is 0 Å². The molecule has 0 aromatic rings. The average Bonchev–Trinajstić information content (AvgIpc) is 2.87. The van der Waals surface area contributed by atoms with Gasteiger partial charge in [-0.3, -0.25) is 0 Å². The summed E-state index contributed by atoms with van der Waals surface area (Å²) in [6, 6.07) is 0. The molecule has 3 heteroatoms. The molecule has 0 aromatic carbocycles. The second kappa shape index (κ2) is 19.9. The molecule has 0 fully saturated rings. The summed E-state index contributed by atoms with van der Waals surface area (Å²) in [7, 11) is 0.